The average molecular weight is 182 g/mol. The standard InChI is InChI=1S/C11H22N2/c1-2-13(11-3-4-11)8-6-10-5-7-12-9-10/h10-12H,2-9H2,1H3. The third kappa shape index (κ3) is 2.68. The monoisotopic (exact) mass is 182 g/mol. The van der Waals surface area contributed by atoms with Gasteiger partial charge < -0.3 is 10.2 Å². The van der Waals surface area contributed by atoms with Crippen LogP contribution < -0.4 is 5.32 Å². The maximum atomic E-state index is 3.44. The zero-order valence-electron chi connectivity index (χ0n) is 8.76. The number of nitrogens with one attached hydrogen (secondary N) is 1. The second-order valence-corrected chi connectivity index (χ2v) is 4.51. The highest BCUT2D eigenvalue weighted by Gasteiger charge is 2.28. The minimum atomic E-state index is 0.958. The lowest BCUT2D eigenvalue weighted by Crippen LogP contribution is -2.28. The molecule has 76 valence electrons. The van der Waals surface area contributed by atoms with Crippen LogP contribution in [0.15, 0.2) is 0 Å². The summed E-state index contributed by atoms with van der Waals surface area (Å²) >= 11 is 0. The molecular formula is C11H22N2. The van der Waals surface area contributed by atoms with Gasteiger partial charge in [-0.05, 0) is 57.8 Å². The van der Waals surface area contributed by atoms with E-state index in [0.717, 1.165) is 12.0 Å². The first-order chi connectivity index (χ1) is 6.40. The van der Waals surface area contributed by atoms with E-state index in [2.05, 4.69) is 17.1 Å². The van der Waals surface area contributed by atoms with Crippen molar-refractivity contribution in [1.29, 1.82) is 0 Å². The van der Waals surface area contributed by atoms with Crippen LogP contribution in [0.2, 0.25) is 0 Å². The molecule has 13 heavy (non-hydrogen) atoms. The molecule has 0 amide bonds. The van der Waals surface area contributed by atoms with Crippen molar-refractivity contribution in [2.24, 2.45) is 5.92 Å². The summed E-state index contributed by atoms with van der Waals surface area (Å²) in [6.07, 6.45) is 5.73. The Hall–Kier alpha value is -0.0800. The van der Waals surface area contributed by atoms with Gasteiger partial charge >= 0.3 is 0 Å². The second kappa shape index (κ2) is 4.43. The Balaban J connectivity index is 1.64. The number of nitrogens with zero attached hydrogens (tertiary/aromatic N) is 1. The molecule has 0 aromatic carbocycles. The first kappa shape index (κ1) is 9.47. The maximum absolute atomic E-state index is 3.44. The van der Waals surface area contributed by atoms with Gasteiger partial charge in [0.1, 0.15) is 0 Å². The second-order valence-electron chi connectivity index (χ2n) is 4.51. The quantitative estimate of drug-likeness (QED) is 0.692. The summed E-state index contributed by atoms with van der Waals surface area (Å²) < 4.78 is 0. The van der Waals surface area contributed by atoms with Gasteiger partial charge in [0.25, 0.3) is 0 Å². The fraction of sp³-hybridized carbons (Fsp3) is 1.00. The molecule has 2 heteroatoms. The SMILES string of the molecule is CCN(CCC1CCNC1)C1CC1. The van der Waals surface area contributed by atoms with E-state index in [1.54, 1.807) is 0 Å². The van der Waals surface area contributed by atoms with Crippen molar-refractivity contribution < 1.29 is 0 Å². The number of hydrogen-bond acceptors (Lipinski definition) is 2. The van der Waals surface area contributed by atoms with Gasteiger partial charge in [-0.3, -0.25) is 0 Å². The summed E-state index contributed by atoms with van der Waals surface area (Å²) in [5.41, 5.74) is 0. The molecule has 2 aliphatic rings. The lowest BCUT2D eigenvalue weighted by molar-refractivity contribution is 0.257. The van der Waals surface area contributed by atoms with Crippen molar-refractivity contribution in [3.63, 3.8) is 0 Å². The molecule has 2 nitrogen and oxygen atoms in total. The summed E-state index contributed by atoms with van der Waals surface area (Å²) in [5.74, 6) is 0.966. The van der Waals surface area contributed by atoms with Crippen LogP contribution in [-0.4, -0.2) is 37.1 Å². The van der Waals surface area contributed by atoms with Crippen molar-refractivity contribution >= 4 is 0 Å². The van der Waals surface area contributed by atoms with Crippen LogP contribution >= 0.6 is 0 Å². The van der Waals surface area contributed by atoms with E-state index in [0.29, 0.717) is 0 Å². The fourth-order valence-corrected chi connectivity index (χ4v) is 2.35. The van der Waals surface area contributed by atoms with Gasteiger partial charge in [-0.1, -0.05) is 6.92 Å². The topological polar surface area (TPSA) is 15.3 Å². The molecule has 0 radical (unpaired) electrons. The molecular weight excluding hydrogens is 160 g/mol. The lowest BCUT2D eigenvalue weighted by atomic mass is 10.0. The summed E-state index contributed by atoms with van der Waals surface area (Å²) in [4.78, 5) is 2.66. The lowest BCUT2D eigenvalue weighted by Gasteiger charge is -2.21. The predicted octanol–water partition coefficient (Wildman–Crippen LogP) is 1.47. The molecule has 1 unspecified atom stereocenters. The average Bonchev–Trinajstić information content (AvgIpc) is 2.84. The van der Waals surface area contributed by atoms with Gasteiger partial charge in [-0.15, -0.1) is 0 Å². The Morgan fingerprint density at radius 2 is 2.15 bits per heavy atom. The van der Waals surface area contributed by atoms with Crippen molar-refractivity contribution in [1.82, 2.24) is 10.2 Å². The molecule has 1 saturated heterocycles. The summed E-state index contributed by atoms with van der Waals surface area (Å²) in [5, 5.41) is 3.44. The summed E-state index contributed by atoms with van der Waals surface area (Å²) in [7, 11) is 0. The molecule has 0 bridgehead atoms. The molecule has 1 atom stereocenters. The van der Waals surface area contributed by atoms with Crippen LogP contribution in [-0.2, 0) is 0 Å². The Morgan fingerprint density at radius 1 is 1.31 bits per heavy atom. The largest absolute Gasteiger partial charge is 0.316 e. The van der Waals surface area contributed by atoms with Crippen LogP contribution in [0.3, 0.4) is 0 Å². The van der Waals surface area contributed by atoms with Crippen molar-refractivity contribution in [2.45, 2.75) is 38.6 Å². The Kier molecular flexibility index (Phi) is 3.23. The highest BCUT2D eigenvalue weighted by Crippen LogP contribution is 2.27. The van der Waals surface area contributed by atoms with Crippen LogP contribution in [0, 0.1) is 5.92 Å². The highest BCUT2D eigenvalue weighted by molar-refractivity contribution is 4.84. The zero-order chi connectivity index (χ0) is 9.10. The Labute approximate surface area is 81.7 Å². The smallest absolute Gasteiger partial charge is 0.00963 e. The van der Waals surface area contributed by atoms with Crippen LogP contribution in [0.4, 0.5) is 0 Å². The molecule has 1 aliphatic heterocycles. The number of hydrogen-bond donors (Lipinski definition) is 1. The molecule has 1 N–H and O–H groups in total. The van der Waals surface area contributed by atoms with Crippen LogP contribution in [0.25, 0.3) is 0 Å². The third-order valence-corrected chi connectivity index (χ3v) is 3.46. The van der Waals surface area contributed by atoms with E-state index in [9.17, 15) is 0 Å². The van der Waals surface area contributed by atoms with Crippen molar-refractivity contribution in [2.75, 3.05) is 26.2 Å². The minimum Gasteiger partial charge on any atom is -0.316 e. The molecule has 0 spiro atoms. The van der Waals surface area contributed by atoms with E-state index in [1.165, 1.54) is 51.9 Å². The molecule has 1 aliphatic carbocycles. The van der Waals surface area contributed by atoms with Gasteiger partial charge in [0.2, 0.25) is 0 Å². The minimum absolute atomic E-state index is 0.958. The predicted molar refractivity (Wildman–Crippen MR) is 55.9 cm³/mol. The summed E-state index contributed by atoms with van der Waals surface area (Å²) in [6, 6.07) is 0.958. The molecule has 0 aromatic heterocycles. The van der Waals surface area contributed by atoms with Crippen LogP contribution in [0.5, 0.6) is 0 Å². The maximum Gasteiger partial charge on any atom is 0.00963 e. The van der Waals surface area contributed by atoms with E-state index >= 15 is 0 Å². The molecule has 1 heterocycles. The normalized spacial score (nSPS) is 28.6. The van der Waals surface area contributed by atoms with Crippen molar-refractivity contribution in [3.05, 3.63) is 0 Å². The number of rotatable bonds is 5. The van der Waals surface area contributed by atoms with E-state index in [-0.39, 0.29) is 0 Å². The molecule has 0 aromatic rings. The van der Waals surface area contributed by atoms with Gasteiger partial charge in [-0.25, -0.2) is 0 Å². The van der Waals surface area contributed by atoms with Gasteiger partial charge in [0.05, 0.1) is 0 Å². The van der Waals surface area contributed by atoms with E-state index in [1.807, 2.05) is 0 Å². The molecule has 2 rings (SSSR count). The fourth-order valence-electron chi connectivity index (χ4n) is 2.35. The zero-order valence-corrected chi connectivity index (χ0v) is 8.76. The van der Waals surface area contributed by atoms with Gasteiger partial charge in [-0.2, -0.15) is 0 Å². The van der Waals surface area contributed by atoms with Crippen LogP contribution in [0.1, 0.15) is 32.6 Å². The Bertz CT molecular complexity index is 148. The van der Waals surface area contributed by atoms with Gasteiger partial charge in [0.15, 0.2) is 0 Å². The molecule has 2 fully saturated rings. The first-order valence-corrected chi connectivity index (χ1v) is 5.85. The summed E-state index contributed by atoms with van der Waals surface area (Å²) in [6.45, 7) is 7.41. The van der Waals surface area contributed by atoms with E-state index in [4.69, 9.17) is 0 Å². The first-order valence-electron chi connectivity index (χ1n) is 5.85. The highest BCUT2D eigenvalue weighted by atomic mass is 15.2. The van der Waals surface area contributed by atoms with Gasteiger partial charge in [0, 0.05) is 6.04 Å². The Morgan fingerprint density at radius 3 is 2.69 bits per heavy atom. The van der Waals surface area contributed by atoms with E-state index < -0.39 is 0 Å². The molecule has 1 saturated carbocycles. The third-order valence-electron chi connectivity index (χ3n) is 3.46. The van der Waals surface area contributed by atoms with Crippen molar-refractivity contribution in [3.8, 4) is 0 Å².